The van der Waals surface area contributed by atoms with Gasteiger partial charge in [-0.25, -0.2) is 0 Å². The minimum absolute atomic E-state index is 0.400. The molecule has 0 aromatic heterocycles. The van der Waals surface area contributed by atoms with Crippen molar-refractivity contribution in [2.45, 2.75) is 30.2 Å². The summed E-state index contributed by atoms with van der Waals surface area (Å²) < 4.78 is 16.4. The fourth-order valence-electron chi connectivity index (χ4n) is 5.80. The molecule has 0 N–H and O–H groups in total. The zero-order valence-corrected chi connectivity index (χ0v) is 27.1. The zero-order valence-electron chi connectivity index (χ0n) is 26.3. The van der Waals surface area contributed by atoms with Gasteiger partial charge < -0.3 is 28.9 Å². The maximum absolute atomic E-state index is 13.1. The Kier molecular flexibility index (Phi) is 10.2. The van der Waals surface area contributed by atoms with Crippen LogP contribution < -0.4 is 19.1 Å². The van der Waals surface area contributed by atoms with Crippen LogP contribution in [0.15, 0.2) is 64.4 Å². The van der Waals surface area contributed by atoms with E-state index in [0.717, 1.165) is 11.3 Å². The summed E-state index contributed by atoms with van der Waals surface area (Å²) in [6.07, 6.45) is 0. The Balaban J connectivity index is 1.09. The van der Waals surface area contributed by atoms with Crippen molar-refractivity contribution in [1.29, 1.82) is 0 Å². The molecule has 2 fully saturated rings. The lowest BCUT2D eigenvalue weighted by atomic mass is 10.1. The van der Waals surface area contributed by atoms with Gasteiger partial charge in [-0.2, -0.15) is 0 Å². The van der Waals surface area contributed by atoms with Gasteiger partial charge in [0.05, 0.1) is 21.3 Å². The average Bonchev–Trinajstić information content (AvgIpc) is 3.05. The minimum atomic E-state index is -0.404. The molecule has 9 nitrogen and oxygen atoms in total. The first kappa shape index (κ1) is 31.5. The molecule has 2 aliphatic heterocycles. The molecule has 0 bridgehead atoms. The van der Waals surface area contributed by atoms with Crippen LogP contribution in [0.5, 0.6) is 17.2 Å². The number of hydrogen-bond donors (Lipinski definition) is 0. The number of carbonyl (C=O) groups is 2. The summed E-state index contributed by atoms with van der Waals surface area (Å²) in [5.74, 6) is 0.993. The van der Waals surface area contributed by atoms with Crippen molar-refractivity contribution in [1.82, 2.24) is 14.7 Å². The molecule has 234 valence electrons. The smallest absolute Gasteiger partial charge is 0.312 e. The second-order valence-electron chi connectivity index (χ2n) is 11.2. The molecule has 0 aliphatic carbocycles. The Hall–Kier alpha value is -3.89. The van der Waals surface area contributed by atoms with E-state index in [1.807, 2.05) is 12.1 Å². The third-order valence-electron chi connectivity index (χ3n) is 8.30. The van der Waals surface area contributed by atoms with E-state index in [0.29, 0.717) is 76.2 Å². The highest BCUT2D eigenvalue weighted by atomic mass is 32.2. The van der Waals surface area contributed by atoms with Gasteiger partial charge in [-0.05, 0) is 67.4 Å². The van der Waals surface area contributed by atoms with Crippen LogP contribution in [-0.4, -0.2) is 100 Å². The van der Waals surface area contributed by atoms with Crippen molar-refractivity contribution >= 4 is 29.3 Å². The summed E-state index contributed by atoms with van der Waals surface area (Å²) in [6, 6.07) is 19.0. The largest absolute Gasteiger partial charge is 0.493 e. The number of anilines is 1. The molecule has 5 rings (SSSR count). The number of benzene rings is 3. The van der Waals surface area contributed by atoms with Gasteiger partial charge >= 0.3 is 11.8 Å². The summed E-state index contributed by atoms with van der Waals surface area (Å²) in [4.78, 5) is 36.7. The first-order valence-corrected chi connectivity index (χ1v) is 15.8. The number of ether oxygens (including phenoxy) is 3. The quantitative estimate of drug-likeness (QED) is 0.343. The van der Waals surface area contributed by atoms with E-state index < -0.39 is 11.8 Å². The Morgan fingerprint density at radius 1 is 0.705 bits per heavy atom. The predicted octanol–water partition coefficient (Wildman–Crippen LogP) is 4.47. The lowest BCUT2D eigenvalue weighted by Crippen LogP contribution is -2.56. The molecule has 0 unspecified atom stereocenters. The topological polar surface area (TPSA) is 74.8 Å². The van der Waals surface area contributed by atoms with Crippen LogP contribution in [0.3, 0.4) is 0 Å². The molecule has 3 aromatic rings. The molecule has 2 heterocycles. The van der Waals surface area contributed by atoms with Gasteiger partial charge in [0.25, 0.3) is 0 Å². The fourth-order valence-corrected chi connectivity index (χ4v) is 6.68. The van der Waals surface area contributed by atoms with Gasteiger partial charge in [-0.3, -0.25) is 14.5 Å². The number of methoxy groups -OCH3 is 3. The van der Waals surface area contributed by atoms with Crippen molar-refractivity contribution in [3.63, 3.8) is 0 Å². The van der Waals surface area contributed by atoms with Crippen molar-refractivity contribution < 1.29 is 23.8 Å². The number of amides is 2. The molecule has 2 saturated heterocycles. The molecule has 10 heteroatoms. The Morgan fingerprint density at radius 2 is 1.27 bits per heavy atom. The third-order valence-corrected chi connectivity index (χ3v) is 9.49. The summed E-state index contributed by atoms with van der Waals surface area (Å²) in [5, 5.41) is 0. The predicted molar refractivity (Wildman–Crippen MR) is 173 cm³/mol. The van der Waals surface area contributed by atoms with Crippen molar-refractivity contribution in [2.24, 2.45) is 0 Å². The second-order valence-corrected chi connectivity index (χ2v) is 12.4. The normalized spacial score (nSPS) is 15.7. The summed E-state index contributed by atoms with van der Waals surface area (Å²) in [6.45, 7) is 9.80. The van der Waals surface area contributed by atoms with Crippen molar-refractivity contribution in [3.05, 3.63) is 71.3 Å². The van der Waals surface area contributed by atoms with Crippen LogP contribution in [0.1, 0.15) is 16.7 Å². The summed E-state index contributed by atoms with van der Waals surface area (Å²) in [7, 11) is 4.80. The molecule has 0 atom stereocenters. The molecular formula is C34H42N4O5S. The van der Waals surface area contributed by atoms with Crippen LogP contribution >= 0.6 is 11.8 Å². The number of rotatable bonds is 8. The molecule has 0 radical (unpaired) electrons. The molecule has 0 spiro atoms. The van der Waals surface area contributed by atoms with Crippen LogP contribution in [0.4, 0.5) is 5.69 Å². The number of carbonyl (C=O) groups excluding carboxylic acids is 2. The van der Waals surface area contributed by atoms with Gasteiger partial charge in [-0.15, -0.1) is 0 Å². The van der Waals surface area contributed by atoms with Crippen LogP contribution in [0.25, 0.3) is 0 Å². The van der Waals surface area contributed by atoms with Crippen LogP contribution in [0, 0.1) is 13.8 Å². The molecule has 2 aliphatic rings. The van der Waals surface area contributed by atoms with Crippen molar-refractivity contribution in [2.75, 3.05) is 78.6 Å². The third kappa shape index (κ3) is 7.25. The second kappa shape index (κ2) is 14.3. The maximum Gasteiger partial charge on any atom is 0.312 e. The standard InChI is InChI=1S/C34H42N4O5S/c1-24-6-11-31(25(2)20-24)44-28-9-7-27(8-10-28)36-16-18-38(19-17-36)34(40)33(39)37-14-12-35(13-15-37)23-26-21-29(41-3)32(43-5)30(22-26)42-4/h6-11,20-22H,12-19,23H2,1-5H3. The van der Waals surface area contributed by atoms with E-state index in [-0.39, 0.29) is 0 Å². The van der Waals surface area contributed by atoms with E-state index in [1.54, 1.807) is 42.9 Å². The van der Waals surface area contributed by atoms with Gasteiger partial charge in [0, 0.05) is 74.4 Å². The first-order chi connectivity index (χ1) is 21.3. The SMILES string of the molecule is COc1cc(CN2CCN(C(=O)C(=O)N3CCN(c4ccc(Sc5ccc(C)cc5C)cc4)CC3)CC2)cc(OC)c1OC. The number of piperazine rings is 2. The van der Waals surface area contributed by atoms with E-state index in [4.69, 9.17) is 14.2 Å². The summed E-state index contributed by atoms with van der Waals surface area (Å²) >= 11 is 1.77. The monoisotopic (exact) mass is 618 g/mol. The number of hydrogen-bond acceptors (Lipinski definition) is 8. The zero-order chi connectivity index (χ0) is 31.2. The van der Waals surface area contributed by atoms with Crippen molar-refractivity contribution in [3.8, 4) is 17.2 Å². The van der Waals surface area contributed by atoms with E-state index in [1.165, 1.54) is 20.9 Å². The lowest BCUT2D eigenvalue weighted by molar-refractivity contribution is -0.153. The molecule has 44 heavy (non-hydrogen) atoms. The van der Waals surface area contributed by atoms with Gasteiger partial charge in [-0.1, -0.05) is 29.5 Å². The first-order valence-electron chi connectivity index (χ1n) is 15.0. The number of aryl methyl sites for hydroxylation is 2. The molecule has 0 saturated carbocycles. The summed E-state index contributed by atoms with van der Waals surface area (Å²) in [5.41, 5.74) is 4.72. The highest BCUT2D eigenvalue weighted by molar-refractivity contribution is 7.99. The Labute approximate surface area is 264 Å². The number of nitrogens with zero attached hydrogens (tertiary/aromatic N) is 4. The van der Waals surface area contributed by atoms with E-state index >= 15 is 0 Å². The maximum atomic E-state index is 13.1. The highest BCUT2D eigenvalue weighted by Gasteiger charge is 2.31. The Morgan fingerprint density at radius 3 is 1.80 bits per heavy atom. The van der Waals surface area contributed by atoms with E-state index in [2.05, 4.69) is 66.1 Å². The lowest BCUT2D eigenvalue weighted by Gasteiger charge is -2.38. The van der Waals surface area contributed by atoms with Crippen LogP contribution in [-0.2, 0) is 16.1 Å². The van der Waals surface area contributed by atoms with Gasteiger partial charge in [0.1, 0.15) is 0 Å². The molecule has 3 aromatic carbocycles. The van der Waals surface area contributed by atoms with Crippen LogP contribution in [0.2, 0.25) is 0 Å². The fraction of sp³-hybridized carbons (Fsp3) is 0.412. The average molecular weight is 619 g/mol. The minimum Gasteiger partial charge on any atom is -0.493 e. The Bertz CT molecular complexity index is 1440. The van der Waals surface area contributed by atoms with Gasteiger partial charge in [0.2, 0.25) is 5.75 Å². The van der Waals surface area contributed by atoms with Gasteiger partial charge in [0.15, 0.2) is 11.5 Å². The highest BCUT2D eigenvalue weighted by Crippen LogP contribution is 2.38. The molecular weight excluding hydrogens is 576 g/mol. The molecule has 2 amide bonds. The van der Waals surface area contributed by atoms with E-state index in [9.17, 15) is 9.59 Å².